The van der Waals surface area contributed by atoms with Gasteiger partial charge in [-0.15, -0.1) is 0 Å². The highest BCUT2D eigenvalue weighted by Crippen LogP contribution is 2.64. The predicted octanol–water partition coefficient (Wildman–Crippen LogP) is 6.44. The third-order valence-corrected chi connectivity index (χ3v) is 11.0. The van der Waals surface area contributed by atoms with E-state index in [-0.39, 0.29) is 11.5 Å². The number of hydrogen-bond acceptors (Lipinski definition) is 2. The zero-order chi connectivity index (χ0) is 23.5. The van der Waals surface area contributed by atoms with Gasteiger partial charge in [-0.2, -0.15) is 0 Å². The molecule has 4 aromatic rings. The molecule has 166 valence electrons. The second kappa shape index (κ2) is 9.25. The smallest absolute Gasteiger partial charge is 0.193 e. The van der Waals surface area contributed by atoms with Crippen LogP contribution in [0.4, 0.5) is 0 Å². The van der Waals surface area contributed by atoms with Crippen LogP contribution in [-0.4, -0.2) is 10.9 Å². The number of ketones is 1. The van der Waals surface area contributed by atoms with Crippen LogP contribution in [0.25, 0.3) is 5.76 Å². The molecule has 0 bridgehead atoms. The molecule has 0 aliphatic heterocycles. The Morgan fingerprint density at radius 1 is 0.676 bits per heavy atom. The summed E-state index contributed by atoms with van der Waals surface area (Å²) >= 11 is 0. The lowest BCUT2D eigenvalue weighted by Gasteiger charge is -2.29. The standard InChI is InChI=1S/C31H25O2P/c1-2-23(22-29-30(32)27-20-12-13-21-28(27)31(29)33)34(24-14-6-3-7-15-24,25-16-8-4-9-17-25)26-18-10-5-11-19-26/h2-21H,22H2,1H3/p+1/b23-2+. The van der Waals surface area contributed by atoms with Crippen LogP contribution in [0, 0.1) is 0 Å². The number of fused-ring (bicyclic) bond motifs is 1. The lowest BCUT2D eigenvalue weighted by atomic mass is 10.1. The molecule has 0 saturated heterocycles. The van der Waals surface area contributed by atoms with E-state index in [4.69, 9.17) is 0 Å². The van der Waals surface area contributed by atoms with Gasteiger partial charge in [0.15, 0.2) is 5.78 Å². The lowest BCUT2D eigenvalue weighted by Crippen LogP contribution is -2.32. The van der Waals surface area contributed by atoms with Crippen LogP contribution in [-0.2, 0) is 0 Å². The summed E-state index contributed by atoms with van der Waals surface area (Å²) in [5, 5.41) is 15.9. The van der Waals surface area contributed by atoms with Crippen molar-refractivity contribution < 1.29 is 9.90 Å². The number of allylic oxidation sites excluding steroid dienone is 3. The highest BCUT2D eigenvalue weighted by Gasteiger charge is 2.50. The van der Waals surface area contributed by atoms with Crippen molar-refractivity contribution in [3.63, 3.8) is 0 Å². The van der Waals surface area contributed by atoms with Gasteiger partial charge in [0.2, 0.25) is 0 Å². The number of carbonyl (C=O) groups excluding carboxylic acids is 1. The van der Waals surface area contributed by atoms with E-state index in [1.54, 1.807) is 6.07 Å². The second-order valence-electron chi connectivity index (χ2n) is 8.34. The maximum atomic E-state index is 13.4. The number of carbonyl (C=O) groups is 1. The van der Waals surface area contributed by atoms with Crippen LogP contribution in [0.3, 0.4) is 0 Å². The summed E-state index contributed by atoms with van der Waals surface area (Å²) in [5.41, 5.74) is 1.68. The Kier molecular flexibility index (Phi) is 6.01. The van der Waals surface area contributed by atoms with E-state index in [0.29, 0.717) is 23.1 Å². The van der Waals surface area contributed by atoms with Crippen LogP contribution < -0.4 is 15.9 Å². The maximum Gasteiger partial charge on any atom is 0.193 e. The van der Waals surface area contributed by atoms with Gasteiger partial charge >= 0.3 is 0 Å². The fraction of sp³-hybridized carbons (Fsp3) is 0.0645. The van der Waals surface area contributed by atoms with E-state index in [2.05, 4.69) is 78.9 Å². The van der Waals surface area contributed by atoms with Gasteiger partial charge in [-0.25, -0.2) is 0 Å². The van der Waals surface area contributed by atoms with E-state index in [1.807, 2.05) is 43.3 Å². The normalized spacial score (nSPS) is 13.8. The highest BCUT2D eigenvalue weighted by molar-refractivity contribution is 7.99. The predicted molar refractivity (Wildman–Crippen MR) is 144 cm³/mol. The molecule has 1 aliphatic carbocycles. The second-order valence-corrected chi connectivity index (χ2v) is 11.8. The highest BCUT2D eigenvalue weighted by atomic mass is 31.2. The summed E-state index contributed by atoms with van der Waals surface area (Å²) in [4.78, 5) is 13.4. The van der Waals surface area contributed by atoms with E-state index >= 15 is 0 Å². The van der Waals surface area contributed by atoms with Crippen molar-refractivity contribution in [2.45, 2.75) is 13.3 Å². The molecule has 4 aromatic carbocycles. The van der Waals surface area contributed by atoms with E-state index in [1.165, 1.54) is 15.9 Å². The summed E-state index contributed by atoms with van der Waals surface area (Å²) in [6.45, 7) is 2.04. The molecule has 0 fully saturated rings. The van der Waals surface area contributed by atoms with Gasteiger partial charge in [0, 0.05) is 17.5 Å². The largest absolute Gasteiger partial charge is 0.507 e. The third kappa shape index (κ3) is 3.52. The molecule has 34 heavy (non-hydrogen) atoms. The molecule has 1 N–H and O–H groups in total. The first kappa shape index (κ1) is 22.1. The molecule has 0 aromatic heterocycles. The number of aliphatic hydroxyl groups is 1. The fourth-order valence-corrected chi connectivity index (χ4v) is 9.51. The summed E-state index contributed by atoms with van der Waals surface area (Å²) in [7, 11) is -2.30. The summed E-state index contributed by atoms with van der Waals surface area (Å²) in [5.74, 6) is 0.0203. The zero-order valence-corrected chi connectivity index (χ0v) is 20.0. The molecule has 0 unspecified atom stereocenters. The van der Waals surface area contributed by atoms with Gasteiger partial charge in [0.25, 0.3) is 0 Å². The SMILES string of the molecule is C/C=C(\CC1=C(O)c2ccccc2C1=O)[P+](c1ccccc1)(c1ccccc1)c1ccccc1. The van der Waals surface area contributed by atoms with Crippen molar-refractivity contribution in [1.29, 1.82) is 0 Å². The molecular weight excluding hydrogens is 435 g/mol. The number of hydrogen-bond donors (Lipinski definition) is 1. The van der Waals surface area contributed by atoms with Crippen molar-refractivity contribution in [3.05, 3.63) is 143 Å². The first-order valence-electron chi connectivity index (χ1n) is 11.5. The molecule has 0 atom stereocenters. The maximum absolute atomic E-state index is 13.4. The molecule has 0 heterocycles. The third-order valence-electron chi connectivity index (χ3n) is 6.54. The summed E-state index contributed by atoms with van der Waals surface area (Å²) < 4.78 is 0. The van der Waals surface area contributed by atoms with Crippen LogP contribution >= 0.6 is 7.26 Å². The van der Waals surface area contributed by atoms with Gasteiger partial charge in [0.05, 0.1) is 10.9 Å². The molecule has 0 spiro atoms. The van der Waals surface area contributed by atoms with Crippen molar-refractivity contribution in [1.82, 2.24) is 0 Å². The molecule has 5 rings (SSSR count). The topological polar surface area (TPSA) is 37.3 Å². The van der Waals surface area contributed by atoms with Gasteiger partial charge < -0.3 is 5.11 Å². The van der Waals surface area contributed by atoms with Crippen molar-refractivity contribution in [2.75, 3.05) is 0 Å². The minimum atomic E-state index is -2.30. The Morgan fingerprint density at radius 2 is 1.09 bits per heavy atom. The van der Waals surface area contributed by atoms with Gasteiger partial charge in [0.1, 0.15) is 28.9 Å². The Hall–Kier alpha value is -3.74. The Balaban J connectivity index is 1.76. The Labute approximate surface area is 201 Å². The Bertz CT molecular complexity index is 1290. The Morgan fingerprint density at radius 3 is 1.50 bits per heavy atom. The molecule has 0 saturated carbocycles. The van der Waals surface area contributed by atoms with Gasteiger partial charge in [-0.05, 0) is 49.4 Å². The minimum absolute atomic E-state index is 0.0836. The van der Waals surface area contributed by atoms with Crippen molar-refractivity contribution in [3.8, 4) is 0 Å². The number of benzene rings is 4. The average Bonchev–Trinajstić information content (AvgIpc) is 3.15. The molecule has 3 heteroatoms. The monoisotopic (exact) mass is 461 g/mol. The first-order chi connectivity index (χ1) is 16.7. The summed E-state index contributed by atoms with van der Waals surface area (Å²) in [6.07, 6.45) is 2.54. The first-order valence-corrected chi connectivity index (χ1v) is 13.2. The van der Waals surface area contributed by atoms with Gasteiger partial charge in [-0.3, -0.25) is 4.79 Å². The van der Waals surface area contributed by atoms with Crippen molar-refractivity contribution >= 4 is 34.7 Å². The zero-order valence-electron chi connectivity index (χ0n) is 19.1. The summed E-state index contributed by atoms with van der Waals surface area (Å²) in [6, 6.07) is 39.1. The molecule has 0 amide bonds. The molecule has 0 radical (unpaired) electrons. The average molecular weight is 462 g/mol. The van der Waals surface area contributed by atoms with Crippen LogP contribution in [0.5, 0.6) is 0 Å². The number of rotatable bonds is 6. The van der Waals surface area contributed by atoms with E-state index in [0.717, 1.165) is 5.31 Å². The number of Topliss-reactive ketones (excluding diaryl/α,β-unsaturated/α-hetero) is 1. The fourth-order valence-electron chi connectivity index (χ4n) is 4.98. The van der Waals surface area contributed by atoms with Crippen LogP contribution in [0.1, 0.15) is 29.3 Å². The van der Waals surface area contributed by atoms with Crippen LogP contribution in [0.15, 0.2) is 132 Å². The number of aliphatic hydroxyl groups excluding tert-OH is 1. The molecule has 1 aliphatic rings. The minimum Gasteiger partial charge on any atom is -0.507 e. The molecular formula is C31H26O2P+. The van der Waals surface area contributed by atoms with E-state index < -0.39 is 7.26 Å². The van der Waals surface area contributed by atoms with Gasteiger partial charge in [-0.1, -0.05) is 78.9 Å². The lowest BCUT2D eigenvalue weighted by molar-refractivity contribution is 0.103. The van der Waals surface area contributed by atoms with Crippen molar-refractivity contribution in [2.24, 2.45) is 0 Å². The van der Waals surface area contributed by atoms with Crippen LogP contribution in [0.2, 0.25) is 0 Å². The molecule has 2 nitrogen and oxygen atoms in total. The quantitative estimate of drug-likeness (QED) is 0.336. The van der Waals surface area contributed by atoms with E-state index in [9.17, 15) is 9.90 Å².